The fourth-order valence-electron chi connectivity index (χ4n) is 5.20. The van der Waals surface area contributed by atoms with E-state index in [0.29, 0.717) is 6.04 Å². The quantitative estimate of drug-likeness (QED) is 0.394. The molecule has 0 radical (unpaired) electrons. The number of halogens is 1. The molecule has 9 heteroatoms. The highest BCUT2D eigenvalue weighted by atomic mass is 79.9. The minimum atomic E-state index is 0.371. The van der Waals surface area contributed by atoms with Gasteiger partial charge in [0.25, 0.3) is 0 Å². The number of morpholine rings is 1. The van der Waals surface area contributed by atoms with Crippen LogP contribution in [-0.4, -0.2) is 77.3 Å². The maximum atomic E-state index is 5.48. The Morgan fingerprint density at radius 2 is 1.64 bits per heavy atom. The van der Waals surface area contributed by atoms with Crippen LogP contribution in [0, 0.1) is 0 Å². The van der Waals surface area contributed by atoms with E-state index in [1.807, 2.05) is 18.6 Å². The van der Waals surface area contributed by atoms with Crippen molar-refractivity contribution in [3.05, 3.63) is 65.0 Å². The highest BCUT2D eigenvalue weighted by Gasteiger charge is 2.25. The molecule has 4 aromatic rings. The van der Waals surface area contributed by atoms with Crippen molar-refractivity contribution in [2.45, 2.75) is 13.0 Å². The molecule has 1 unspecified atom stereocenters. The normalized spacial score (nSPS) is 18.1. The van der Waals surface area contributed by atoms with Crippen LogP contribution in [0.3, 0.4) is 0 Å². The van der Waals surface area contributed by atoms with E-state index < -0.39 is 0 Å². The summed E-state index contributed by atoms with van der Waals surface area (Å²) in [6, 6.07) is 13.2. The molecular weight excluding hydrogens is 518 g/mol. The van der Waals surface area contributed by atoms with Crippen molar-refractivity contribution in [1.29, 1.82) is 0 Å². The fourth-order valence-corrected chi connectivity index (χ4v) is 5.76. The molecule has 1 N–H and O–H groups in total. The second-order valence-electron chi connectivity index (χ2n) is 9.36. The number of fused-ring (bicyclic) bond motifs is 1. The molecule has 0 spiro atoms. The Balaban J connectivity index is 1.22. The van der Waals surface area contributed by atoms with Gasteiger partial charge in [0.15, 0.2) is 5.65 Å². The molecule has 2 saturated heterocycles. The number of piperazine rings is 1. The topological polar surface area (TPSA) is 73.4 Å². The van der Waals surface area contributed by atoms with E-state index in [9.17, 15) is 0 Å². The first-order chi connectivity index (χ1) is 17.7. The van der Waals surface area contributed by atoms with Crippen molar-refractivity contribution >= 4 is 38.5 Å². The van der Waals surface area contributed by atoms with Crippen molar-refractivity contribution in [2.75, 3.05) is 62.3 Å². The summed E-state index contributed by atoms with van der Waals surface area (Å²) in [4.78, 5) is 24.5. The van der Waals surface area contributed by atoms with Crippen molar-refractivity contribution in [1.82, 2.24) is 24.8 Å². The number of ether oxygens (including phenoxy) is 1. The smallest absolute Gasteiger partial charge is 0.180 e. The number of benzene rings is 1. The molecule has 36 heavy (non-hydrogen) atoms. The summed E-state index contributed by atoms with van der Waals surface area (Å²) >= 11 is 3.76. The highest BCUT2D eigenvalue weighted by molar-refractivity contribution is 9.10. The Hall–Kier alpha value is -3.01. The van der Waals surface area contributed by atoms with E-state index in [4.69, 9.17) is 9.72 Å². The first-order valence-electron chi connectivity index (χ1n) is 12.5. The maximum Gasteiger partial charge on any atom is 0.180 e. The third kappa shape index (κ3) is 4.58. The van der Waals surface area contributed by atoms with Crippen LogP contribution >= 0.6 is 15.9 Å². The number of hydrogen-bond acceptors (Lipinski definition) is 7. The van der Waals surface area contributed by atoms with E-state index in [-0.39, 0.29) is 0 Å². The number of nitrogens with one attached hydrogen (secondary N) is 1. The molecule has 186 valence electrons. The number of imidazole rings is 1. The van der Waals surface area contributed by atoms with Crippen LogP contribution < -0.4 is 9.80 Å². The van der Waals surface area contributed by atoms with Crippen molar-refractivity contribution in [3.63, 3.8) is 0 Å². The summed E-state index contributed by atoms with van der Waals surface area (Å²) < 4.78 is 6.47. The number of aromatic amines is 1. The summed E-state index contributed by atoms with van der Waals surface area (Å²) in [7, 11) is 0. The molecule has 8 nitrogen and oxygen atoms in total. The van der Waals surface area contributed by atoms with Crippen LogP contribution in [0.2, 0.25) is 0 Å². The summed E-state index contributed by atoms with van der Waals surface area (Å²) in [5.41, 5.74) is 6.45. The molecule has 0 saturated carbocycles. The lowest BCUT2D eigenvalue weighted by Gasteiger charge is -2.39. The molecule has 3 aromatic heterocycles. The molecule has 1 aromatic carbocycles. The van der Waals surface area contributed by atoms with Crippen molar-refractivity contribution in [3.8, 4) is 11.4 Å². The average molecular weight is 548 g/mol. The van der Waals surface area contributed by atoms with Gasteiger partial charge >= 0.3 is 0 Å². The van der Waals surface area contributed by atoms with Crippen molar-refractivity contribution < 1.29 is 4.74 Å². The molecule has 0 bridgehead atoms. The van der Waals surface area contributed by atoms with Gasteiger partial charge in [-0.25, -0.2) is 9.97 Å². The summed E-state index contributed by atoms with van der Waals surface area (Å²) in [5, 5.41) is 0. The zero-order chi connectivity index (χ0) is 24.5. The van der Waals surface area contributed by atoms with E-state index in [1.165, 1.54) is 11.3 Å². The average Bonchev–Trinajstić information content (AvgIpc) is 3.38. The minimum Gasteiger partial charge on any atom is -0.378 e. The lowest BCUT2D eigenvalue weighted by Crippen LogP contribution is -2.47. The van der Waals surface area contributed by atoms with Crippen LogP contribution in [0.25, 0.3) is 22.6 Å². The lowest BCUT2D eigenvalue weighted by molar-refractivity contribution is 0.122. The van der Waals surface area contributed by atoms with Gasteiger partial charge < -0.3 is 19.5 Å². The van der Waals surface area contributed by atoms with Gasteiger partial charge in [0, 0.05) is 75.2 Å². The van der Waals surface area contributed by atoms with Gasteiger partial charge in [0.05, 0.1) is 23.4 Å². The van der Waals surface area contributed by atoms with E-state index in [1.54, 1.807) is 0 Å². The van der Waals surface area contributed by atoms with Gasteiger partial charge in [-0.2, -0.15) is 0 Å². The van der Waals surface area contributed by atoms with Gasteiger partial charge in [-0.1, -0.05) is 0 Å². The third-order valence-corrected chi connectivity index (χ3v) is 7.91. The lowest BCUT2D eigenvalue weighted by atomic mass is 10.1. The standard InChI is InChI=1S/C27H30BrN7O/c1-19(20-6-8-29-9-7-20)33-10-12-35(13-11-33)25-23(28)18-30-27-24(25)31-26(32-27)21-2-4-22(5-3-21)34-14-16-36-17-15-34/h2-9,18-19H,10-17H2,1H3,(H,30,31,32). The Labute approximate surface area is 219 Å². The zero-order valence-corrected chi connectivity index (χ0v) is 22.0. The second kappa shape index (κ2) is 10.2. The number of nitrogens with zero attached hydrogens (tertiary/aromatic N) is 6. The molecule has 2 aliphatic rings. The number of hydrogen-bond donors (Lipinski definition) is 1. The minimum absolute atomic E-state index is 0.371. The van der Waals surface area contributed by atoms with Crippen LogP contribution in [-0.2, 0) is 4.74 Å². The predicted molar refractivity (Wildman–Crippen MR) is 146 cm³/mol. The molecule has 0 aliphatic carbocycles. The second-order valence-corrected chi connectivity index (χ2v) is 10.2. The molecule has 5 heterocycles. The fraction of sp³-hybridized carbons (Fsp3) is 0.370. The number of anilines is 2. The van der Waals surface area contributed by atoms with Crippen LogP contribution in [0.5, 0.6) is 0 Å². The molecular formula is C27H30BrN7O. The molecule has 2 aliphatic heterocycles. The number of aromatic nitrogens is 4. The SMILES string of the molecule is CC(c1ccncc1)N1CCN(c2c(Br)cnc3nc(-c4ccc(N5CCOCC5)cc4)[nH]c23)CC1. The monoisotopic (exact) mass is 547 g/mol. The molecule has 0 amide bonds. The largest absolute Gasteiger partial charge is 0.378 e. The Bertz CT molecular complexity index is 1310. The zero-order valence-electron chi connectivity index (χ0n) is 20.4. The van der Waals surface area contributed by atoms with E-state index in [2.05, 4.69) is 88.9 Å². The summed E-state index contributed by atoms with van der Waals surface area (Å²) in [6.45, 7) is 9.56. The van der Waals surface area contributed by atoms with Gasteiger partial charge in [-0.3, -0.25) is 9.88 Å². The van der Waals surface area contributed by atoms with Gasteiger partial charge in [0.1, 0.15) is 11.3 Å². The third-order valence-electron chi connectivity index (χ3n) is 7.33. The Kier molecular flexibility index (Phi) is 6.60. The first kappa shape index (κ1) is 23.4. The Morgan fingerprint density at radius 3 is 2.36 bits per heavy atom. The summed E-state index contributed by atoms with van der Waals surface area (Å²) in [5.74, 6) is 0.843. The first-order valence-corrected chi connectivity index (χ1v) is 13.3. The van der Waals surface area contributed by atoms with Crippen molar-refractivity contribution in [2.24, 2.45) is 0 Å². The van der Waals surface area contributed by atoms with E-state index >= 15 is 0 Å². The van der Waals surface area contributed by atoms with Crippen LogP contribution in [0.15, 0.2) is 59.5 Å². The number of pyridine rings is 2. The molecule has 2 fully saturated rings. The van der Waals surface area contributed by atoms with Gasteiger partial charge in [0.2, 0.25) is 0 Å². The Morgan fingerprint density at radius 1 is 0.917 bits per heavy atom. The van der Waals surface area contributed by atoms with Crippen LogP contribution in [0.4, 0.5) is 11.4 Å². The summed E-state index contributed by atoms with van der Waals surface area (Å²) in [6.07, 6.45) is 5.62. The molecule has 1 atom stereocenters. The predicted octanol–water partition coefficient (Wildman–Crippen LogP) is 4.50. The highest BCUT2D eigenvalue weighted by Crippen LogP contribution is 2.35. The van der Waals surface area contributed by atoms with Gasteiger partial charge in [-0.15, -0.1) is 0 Å². The maximum absolute atomic E-state index is 5.48. The van der Waals surface area contributed by atoms with Crippen LogP contribution in [0.1, 0.15) is 18.5 Å². The molecule has 6 rings (SSSR count). The number of H-pyrrole nitrogens is 1. The van der Waals surface area contributed by atoms with E-state index in [0.717, 1.165) is 85.2 Å². The van der Waals surface area contributed by atoms with Gasteiger partial charge in [-0.05, 0) is 64.8 Å². The number of rotatable bonds is 5.